The molecular weight excluding hydrogens is 285 g/mol. The van der Waals surface area contributed by atoms with Crippen molar-refractivity contribution in [3.05, 3.63) is 65.5 Å². The Morgan fingerprint density at radius 3 is 2.41 bits per heavy atom. The Labute approximate surface area is 127 Å². The van der Waals surface area contributed by atoms with E-state index in [4.69, 9.17) is 4.74 Å². The standard InChI is InChI=1S/C17H16FNO3/c1-11(2)22-17(21)13-6-4-8-15(10-13)19-16(20)12-5-3-7-14(18)9-12/h3-11H,1-2H3,(H,19,20). The summed E-state index contributed by atoms with van der Waals surface area (Å²) < 4.78 is 18.2. The maximum absolute atomic E-state index is 13.1. The number of amides is 1. The number of rotatable bonds is 4. The topological polar surface area (TPSA) is 55.4 Å². The molecule has 1 N–H and O–H groups in total. The average Bonchev–Trinajstić information content (AvgIpc) is 2.47. The predicted octanol–water partition coefficient (Wildman–Crippen LogP) is 3.64. The number of anilines is 1. The SMILES string of the molecule is CC(C)OC(=O)c1cccc(NC(=O)c2cccc(F)c2)c1. The molecule has 0 aliphatic heterocycles. The van der Waals surface area contributed by atoms with Gasteiger partial charge in [0.25, 0.3) is 5.91 Å². The van der Waals surface area contributed by atoms with Crippen molar-refractivity contribution in [2.45, 2.75) is 20.0 Å². The fraction of sp³-hybridized carbons (Fsp3) is 0.176. The van der Waals surface area contributed by atoms with Crippen molar-refractivity contribution in [3.8, 4) is 0 Å². The second-order valence-corrected chi connectivity index (χ2v) is 5.00. The van der Waals surface area contributed by atoms with Gasteiger partial charge < -0.3 is 10.1 Å². The van der Waals surface area contributed by atoms with E-state index in [0.29, 0.717) is 11.3 Å². The van der Waals surface area contributed by atoms with Crippen molar-refractivity contribution in [3.63, 3.8) is 0 Å². The highest BCUT2D eigenvalue weighted by Crippen LogP contribution is 2.14. The molecule has 22 heavy (non-hydrogen) atoms. The van der Waals surface area contributed by atoms with Gasteiger partial charge in [-0.05, 0) is 50.2 Å². The molecule has 0 fully saturated rings. The largest absolute Gasteiger partial charge is 0.459 e. The molecule has 2 aromatic carbocycles. The van der Waals surface area contributed by atoms with Gasteiger partial charge in [-0.25, -0.2) is 9.18 Å². The van der Waals surface area contributed by atoms with Crippen LogP contribution in [-0.4, -0.2) is 18.0 Å². The van der Waals surface area contributed by atoms with Crippen LogP contribution in [-0.2, 0) is 4.74 Å². The zero-order valence-electron chi connectivity index (χ0n) is 12.3. The first-order valence-corrected chi connectivity index (χ1v) is 6.83. The number of carbonyl (C=O) groups is 2. The van der Waals surface area contributed by atoms with E-state index >= 15 is 0 Å². The van der Waals surface area contributed by atoms with Crippen molar-refractivity contribution in [2.75, 3.05) is 5.32 Å². The van der Waals surface area contributed by atoms with E-state index < -0.39 is 17.7 Å². The molecule has 2 rings (SSSR count). The van der Waals surface area contributed by atoms with Crippen LogP contribution in [0.5, 0.6) is 0 Å². The lowest BCUT2D eigenvalue weighted by molar-refractivity contribution is 0.0378. The van der Waals surface area contributed by atoms with Gasteiger partial charge in [0, 0.05) is 11.3 Å². The van der Waals surface area contributed by atoms with E-state index in [1.165, 1.54) is 24.3 Å². The van der Waals surface area contributed by atoms with E-state index in [0.717, 1.165) is 6.07 Å². The summed E-state index contributed by atoms with van der Waals surface area (Å²) in [6.45, 7) is 3.51. The summed E-state index contributed by atoms with van der Waals surface area (Å²) >= 11 is 0. The minimum atomic E-state index is -0.484. The van der Waals surface area contributed by atoms with Crippen LogP contribution in [0.3, 0.4) is 0 Å². The van der Waals surface area contributed by atoms with E-state index in [1.54, 1.807) is 32.0 Å². The molecule has 0 saturated carbocycles. The molecule has 0 saturated heterocycles. The number of ether oxygens (including phenoxy) is 1. The summed E-state index contributed by atoms with van der Waals surface area (Å²) in [4.78, 5) is 23.9. The van der Waals surface area contributed by atoms with E-state index in [9.17, 15) is 14.0 Å². The van der Waals surface area contributed by atoms with Crippen molar-refractivity contribution < 1.29 is 18.7 Å². The van der Waals surface area contributed by atoms with E-state index in [-0.39, 0.29) is 11.7 Å². The van der Waals surface area contributed by atoms with Crippen molar-refractivity contribution >= 4 is 17.6 Å². The highest BCUT2D eigenvalue weighted by atomic mass is 19.1. The van der Waals surface area contributed by atoms with Crippen LogP contribution < -0.4 is 5.32 Å². The third-order valence-corrected chi connectivity index (χ3v) is 2.79. The Morgan fingerprint density at radius 1 is 1.05 bits per heavy atom. The van der Waals surface area contributed by atoms with Crippen LogP contribution in [0.2, 0.25) is 0 Å². The lowest BCUT2D eigenvalue weighted by Gasteiger charge is -2.10. The lowest BCUT2D eigenvalue weighted by atomic mass is 10.1. The van der Waals surface area contributed by atoms with Crippen LogP contribution in [0.1, 0.15) is 34.6 Å². The Hall–Kier alpha value is -2.69. The summed E-state index contributed by atoms with van der Waals surface area (Å²) in [5, 5.41) is 2.62. The van der Waals surface area contributed by atoms with Crippen LogP contribution >= 0.6 is 0 Å². The van der Waals surface area contributed by atoms with Gasteiger partial charge in [-0.3, -0.25) is 4.79 Å². The average molecular weight is 301 g/mol. The molecule has 0 aliphatic rings. The molecule has 0 unspecified atom stereocenters. The summed E-state index contributed by atoms with van der Waals surface area (Å²) in [5.41, 5.74) is 0.980. The van der Waals surface area contributed by atoms with E-state index in [2.05, 4.69) is 5.32 Å². The van der Waals surface area contributed by atoms with E-state index in [1.807, 2.05) is 0 Å². The van der Waals surface area contributed by atoms with Gasteiger partial charge in [-0.1, -0.05) is 12.1 Å². The van der Waals surface area contributed by atoms with Gasteiger partial charge >= 0.3 is 5.97 Å². The van der Waals surface area contributed by atoms with Gasteiger partial charge in [0.1, 0.15) is 5.82 Å². The number of halogens is 1. The number of esters is 1. The fourth-order valence-corrected chi connectivity index (χ4v) is 1.84. The molecule has 0 radical (unpaired) electrons. The quantitative estimate of drug-likeness (QED) is 0.877. The molecule has 0 bridgehead atoms. The summed E-state index contributed by atoms with van der Waals surface area (Å²) in [7, 11) is 0. The number of benzene rings is 2. The monoisotopic (exact) mass is 301 g/mol. The number of nitrogens with one attached hydrogen (secondary N) is 1. The van der Waals surface area contributed by atoms with Gasteiger partial charge in [0.15, 0.2) is 0 Å². The van der Waals surface area contributed by atoms with Crippen molar-refractivity contribution in [1.29, 1.82) is 0 Å². The van der Waals surface area contributed by atoms with Crippen molar-refractivity contribution in [1.82, 2.24) is 0 Å². The van der Waals surface area contributed by atoms with Gasteiger partial charge in [-0.15, -0.1) is 0 Å². The van der Waals surface area contributed by atoms with Gasteiger partial charge in [0.2, 0.25) is 0 Å². The molecular formula is C17H16FNO3. The molecule has 5 heteroatoms. The second-order valence-electron chi connectivity index (χ2n) is 5.00. The smallest absolute Gasteiger partial charge is 0.338 e. The van der Waals surface area contributed by atoms with Crippen LogP contribution in [0.4, 0.5) is 10.1 Å². The predicted molar refractivity (Wildman–Crippen MR) is 81.3 cm³/mol. The highest BCUT2D eigenvalue weighted by molar-refractivity contribution is 6.04. The minimum absolute atomic E-state index is 0.204. The number of carbonyl (C=O) groups excluding carboxylic acids is 2. The van der Waals surface area contributed by atoms with Gasteiger partial charge in [-0.2, -0.15) is 0 Å². The summed E-state index contributed by atoms with van der Waals surface area (Å²) in [5.74, 6) is -1.40. The Morgan fingerprint density at radius 2 is 1.73 bits per heavy atom. The fourth-order valence-electron chi connectivity index (χ4n) is 1.84. The molecule has 114 valence electrons. The maximum atomic E-state index is 13.1. The zero-order chi connectivity index (χ0) is 16.1. The molecule has 4 nitrogen and oxygen atoms in total. The number of hydrogen-bond donors (Lipinski definition) is 1. The molecule has 0 aromatic heterocycles. The maximum Gasteiger partial charge on any atom is 0.338 e. The minimum Gasteiger partial charge on any atom is -0.459 e. The molecule has 2 aromatic rings. The van der Waals surface area contributed by atoms with Crippen LogP contribution in [0.25, 0.3) is 0 Å². The van der Waals surface area contributed by atoms with Crippen molar-refractivity contribution in [2.24, 2.45) is 0 Å². The first-order chi connectivity index (χ1) is 10.5. The Bertz CT molecular complexity index is 698. The summed E-state index contributed by atoms with van der Waals surface area (Å²) in [6, 6.07) is 11.8. The van der Waals surface area contributed by atoms with Crippen LogP contribution in [0.15, 0.2) is 48.5 Å². The molecule has 0 spiro atoms. The lowest BCUT2D eigenvalue weighted by Crippen LogP contribution is -2.14. The molecule has 1 amide bonds. The van der Waals surface area contributed by atoms with Crippen LogP contribution in [0, 0.1) is 5.82 Å². The molecule has 0 aliphatic carbocycles. The highest BCUT2D eigenvalue weighted by Gasteiger charge is 2.11. The Balaban J connectivity index is 2.13. The first-order valence-electron chi connectivity index (χ1n) is 6.83. The molecule has 0 atom stereocenters. The summed E-state index contributed by atoms with van der Waals surface area (Å²) in [6.07, 6.45) is -0.224. The third-order valence-electron chi connectivity index (χ3n) is 2.79. The Kier molecular flexibility index (Phi) is 4.88. The normalized spacial score (nSPS) is 10.4. The van der Waals surface area contributed by atoms with Gasteiger partial charge in [0.05, 0.1) is 11.7 Å². The third kappa shape index (κ3) is 4.15. The first kappa shape index (κ1) is 15.7. The molecule has 0 heterocycles. The zero-order valence-corrected chi connectivity index (χ0v) is 12.3. The number of hydrogen-bond acceptors (Lipinski definition) is 3. The second kappa shape index (κ2) is 6.85.